The van der Waals surface area contributed by atoms with Crippen molar-refractivity contribution in [2.24, 2.45) is 5.92 Å². The van der Waals surface area contributed by atoms with Crippen LogP contribution in [0.5, 0.6) is 0 Å². The topological polar surface area (TPSA) is 0 Å². The van der Waals surface area contributed by atoms with Crippen molar-refractivity contribution in [3.63, 3.8) is 0 Å². The molecular weight excluding hydrogens is 212 g/mol. The van der Waals surface area contributed by atoms with Gasteiger partial charge >= 0.3 is 0 Å². The summed E-state index contributed by atoms with van der Waals surface area (Å²) in [5, 5.41) is 1.11. The van der Waals surface area contributed by atoms with Crippen LogP contribution in [-0.2, 0) is 0 Å². The fourth-order valence-electron chi connectivity index (χ4n) is 1.89. The van der Waals surface area contributed by atoms with Gasteiger partial charge in [-0.2, -0.15) is 0 Å². The van der Waals surface area contributed by atoms with Crippen LogP contribution in [0.2, 0.25) is 0 Å². The highest BCUT2D eigenvalue weighted by Gasteiger charge is 2.10. The fourth-order valence-corrected chi connectivity index (χ4v) is 2.16. The normalized spacial score (nSPS) is 20.4. The van der Waals surface area contributed by atoms with Crippen molar-refractivity contribution < 1.29 is 0 Å². The van der Waals surface area contributed by atoms with Gasteiger partial charge in [0.15, 0.2) is 0 Å². The molecular formula is C11H19Br. The van der Waals surface area contributed by atoms with Crippen molar-refractivity contribution >= 4 is 15.9 Å². The third-order valence-electron chi connectivity index (χ3n) is 2.64. The average molecular weight is 231 g/mol. The second-order valence-electron chi connectivity index (χ2n) is 3.69. The zero-order valence-electron chi connectivity index (χ0n) is 7.77. The molecule has 0 bridgehead atoms. The molecule has 0 aromatic carbocycles. The van der Waals surface area contributed by atoms with Crippen molar-refractivity contribution in [2.45, 2.75) is 44.9 Å². The first-order valence-electron chi connectivity index (χ1n) is 5.14. The lowest BCUT2D eigenvalue weighted by Gasteiger charge is -2.19. The van der Waals surface area contributed by atoms with E-state index >= 15 is 0 Å². The predicted molar refractivity (Wildman–Crippen MR) is 58.7 cm³/mol. The molecule has 1 fully saturated rings. The van der Waals surface area contributed by atoms with Crippen molar-refractivity contribution in [1.82, 2.24) is 0 Å². The largest absolute Gasteiger partial charge is 0.0925 e. The number of hydrogen-bond acceptors (Lipinski definition) is 0. The molecule has 0 radical (unpaired) electrons. The highest BCUT2D eigenvalue weighted by atomic mass is 79.9. The van der Waals surface area contributed by atoms with Crippen LogP contribution in [0, 0.1) is 5.92 Å². The van der Waals surface area contributed by atoms with Gasteiger partial charge in [-0.1, -0.05) is 60.2 Å². The third-order valence-corrected chi connectivity index (χ3v) is 3.09. The molecule has 0 unspecified atom stereocenters. The molecule has 0 aromatic heterocycles. The SMILES string of the molecule is BrCCC=CCC1CCCCC1. The Morgan fingerprint density at radius 3 is 2.50 bits per heavy atom. The Bertz CT molecular complexity index is 123. The quantitative estimate of drug-likeness (QED) is 0.500. The molecule has 1 aliphatic rings. The molecule has 0 aromatic rings. The van der Waals surface area contributed by atoms with E-state index in [9.17, 15) is 0 Å². The Balaban J connectivity index is 2.04. The van der Waals surface area contributed by atoms with Gasteiger partial charge in [0.05, 0.1) is 0 Å². The number of hydrogen-bond donors (Lipinski definition) is 0. The summed E-state index contributed by atoms with van der Waals surface area (Å²) in [6.07, 6.45) is 14.5. The monoisotopic (exact) mass is 230 g/mol. The maximum atomic E-state index is 3.42. The first-order valence-corrected chi connectivity index (χ1v) is 6.26. The van der Waals surface area contributed by atoms with Gasteiger partial charge in [0.25, 0.3) is 0 Å². The molecule has 0 N–H and O–H groups in total. The van der Waals surface area contributed by atoms with Gasteiger partial charge in [-0.15, -0.1) is 0 Å². The summed E-state index contributed by atoms with van der Waals surface area (Å²) in [7, 11) is 0. The summed E-state index contributed by atoms with van der Waals surface area (Å²) in [5.41, 5.74) is 0. The molecule has 70 valence electrons. The Morgan fingerprint density at radius 2 is 1.83 bits per heavy atom. The van der Waals surface area contributed by atoms with E-state index in [2.05, 4.69) is 28.1 Å². The second kappa shape index (κ2) is 6.71. The number of alkyl halides is 1. The lowest BCUT2D eigenvalue weighted by molar-refractivity contribution is 0.361. The Hall–Kier alpha value is 0.220. The summed E-state index contributed by atoms with van der Waals surface area (Å²) in [5.74, 6) is 1.00. The zero-order chi connectivity index (χ0) is 8.65. The van der Waals surface area contributed by atoms with Crippen molar-refractivity contribution in [1.29, 1.82) is 0 Å². The van der Waals surface area contributed by atoms with Crippen molar-refractivity contribution in [2.75, 3.05) is 5.33 Å². The lowest BCUT2D eigenvalue weighted by atomic mass is 9.87. The van der Waals surface area contributed by atoms with Gasteiger partial charge in [0.2, 0.25) is 0 Å². The molecule has 0 nitrogen and oxygen atoms in total. The van der Waals surface area contributed by atoms with E-state index in [-0.39, 0.29) is 0 Å². The molecule has 1 saturated carbocycles. The highest BCUT2D eigenvalue weighted by Crippen LogP contribution is 2.26. The average Bonchev–Trinajstić information content (AvgIpc) is 2.14. The molecule has 1 aliphatic carbocycles. The van der Waals surface area contributed by atoms with Crippen LogP contribution in [0.25, 0.3) is 0 Å². The summed E-state index contributed by atoms with van der Waals surface area (Å²) >= 11 is 3.42. The Labute approximate surface area is 84.6 Å². The third kappa shape index (κ3) is 4.30. The van der Waals surface area contributed by atoms with E-state index < -0.39 is 0 Å². The van der Waals surface area contributed by atoms with Gasteiger partial charge < -0.3 is 0 Å². The molecule has 0 atom stereocenters. The van der Waals surface area contributed by atoms with Crippen LogP contribution >= 0.6 is 15.9 Å². The van der Waals surface area contributed by atoms with Crippen molar-refractivity contribution in [3.05, 3.63) is 12.2 Å². The van der Waals surface area contributed by atoms with E-state index in [1.165, 1.54) is 44.9 Å². The predicted octanol–water partition coefficient (Wildman–Crippen LogP) is 4.30. The number of halogens is 1. The number of allylic oxidation sites excluding steroid dienone is 2. The minimum Gasteiger partial charge on any atom is -0.0925 e. The van der Waals surface area contributed by atoms with E-state index in [4.69, 9.17) is 0 Å². The van der Waals surface area contributed by atoms with E-state index in [0.717, 1.165) is 11.2 Å². The van der Waals surface area contributed by atoms with Crippen molar-refractivity contribution in [3.8, 4) is 0 Å². The van der Waals surface area contributed by atoms with Crippen LogP contribution in [0.4, 0.5) is 0 Å². The fraction of sp³-hybridized carbons (Fsp3) is 0.818. The van der Waals surface area contributed by atoms with Gasteiger partial charge in [0.1, 0.15) is 0 Å². The van der Waals surface area contributed by atoms with Gasteiger partial charge in [-0.3, -0.25) is 0 Å². The van der Waals surface area contributed by atoms with Gasteiger partial charge in [-0.05, 0) is 18.8 Å². The Kier molecular flexibility index (Phi) is 5.76. The van der Waals surface area contributed by atoms with Crippen LogP contribution in [-0.4, -0.2) is 5.33 Å². The van der Waals surface area contributed by atoms with E-state index in [1.54, 1.807) is 0 Å². The summed E-state index contributed by atoms with van der Waals surface area (Å²) in [6, 6.07) is 0. The molecule has 0 aliphatic heterocycles. The van der Waals surface area contributed by atoms with E-state index in [1.807, 2.05) is 0 Å². The van der Waals surface area contributed by atoms with Crippen LogP contribution in [0.1, 0.15) is 44.9 Å². The summed E-state index contributed by atoms with van der Waals surface area (Å²) < 4.78 is 0. The maximum Gasteiger partial charge on any atom is 0.00659 e. The Morgan fingerprint density at radius 1 is 1.08 bits per heavy atom. The van der Waals surface area contributed by atoms with Crippen LogP contribution < -0.4 is 0 Å². The second-order valence-corrected chi connectivity index (χ2v) is 4.48. The molecule has 0 heterocycles. The van der Waals surface area contributed by atoms with Gasteiger partial charge in [-0.25, -0.2) is 0 Å². The summed E-state index contributed by atoms with van der Waals surface area (Å²) in [6.45, 7) is 0. The molecule has 0 amide bonds. The minimum atomic E-state index is 1.00. The number of rotatable bonds is 4. The zero-order valence-corrected chi connectivity index (χ0v) is 9.35. The first kappa shape index (κ1) is 10.3. The smallest absolute Gasteiger partial charge is 0.00659 e. The highest BCUT2D eigenvalue weighted by molar-refractivity contribution is 9.09. The van der Waals surface area contributed by atoms with Crippen LogP contribution in [0.15, 0.2) is 12.2 Å². The first-order chi connectivity index (χ1) is 5.93. The molecule has 1 rings (SSSR count). The summed E-state index contributed by atoms with van der Waals surface area (Å²) in [4.78, 5) is 0. The maximum absolute atomic E-state index is 3.42. The minimum absolute atomic E-state index is 1.00. The molecule has 0 spiro atoms. The molecule has 1 heteroatoms. The van der Waals surface area contributed by atoms with Crippen LogP contribution in [0.3, 0.4) is 0 Å². The van der Waals surface area contributed by atoms with E-state index in [0.29, 0.717) is 0 Å². The molecule has 12 heavy (non-hydrogen) atoms. The lowest BCUT2D eigenvalue weighted by Crippen LogP contribution is -2.04. The standard InChI is InChI=1S/C11H19Br/c12-10-6-2-5-9-11-7-3-1-4-8-11/h2,5,11H,1,3-4,6-10H2. The molecule has 0 saturated heterocycles. The van der Waals surface area contributed by atoms with Gasteiger partial charge in [0, 0.05) is 5.33 Å².